The van der Waals surface area contributed by atoms with Crippen molar-refractivity contribution < 1.29 is 23.1 Å². The third-order valence-corrected chi connectivity index (χ3v) is 3.98. The van der Waals surface area contributed by atoms with Crippen molar-refractivity contribution in [3.63, 3.8) is 0 Å². The highest BCUT2D eigenvalue weighted by molar-refractivity contribution is 5.85. The van der Waals surface area contributed by atoms with Crippen LogP contribution in [0.4, 0.5) is 13.2 Å². The minimum absolute atomic E-state index is 0.291. The number of rotatable bonds is 4. The number of para-hydroxylation sites is 1. The van der Waals surface area contributed by atoms with Gasteiger partial charge >= 0.3 is 6.18 Å². The molecule has 0 bridgehead atoms. The minimum Gasteiger partial charge on any atom is -0.550 e. The van der Waals surface area contributed by atoms with Gasteiger partial charge in [-0.05, 0) is 29.7 Å². The lowest BCUT2D eigenvalue weighted by Crippen LogP contribution is -2.25. The Bertz CT molecular complexity index is 883. The highest BCUT2D eigenvalue weighted by Gasteiger charge is 2.31. The predicted molar refractivity (Wildman–Crippen MR) is 81.2 cm³/mol. The van der Waals surface area contributed by atoms with Crippen molar-refractivity contribution in [1.82, 2.24) is 4.98 Å². The van der Waals surface area contributed by atoms with Crippen LogP contribution in [0.2, 0.25) is 0 Å². The van der Waals surface area contributed by atoms with Gasteiger partial charge in [-0.2, -0.15) is 13.2 Å². The second kappa shape index (κ2) is 6.03. The van der Waals surface area contributed by atoms with Gasteiger partial charge in [-0.15, -0.1) is 0 Å². The molecular formula is C18H13F3NO2-. The molecule has 6 heteroatoms. The van der Waals surface area contributed by atoms with Crippen molar-refractivity contribution >= 4 is 16.9 Å². The van der Waals surface area contributed by atoms with E-state index in [0.717, 1.165) is 23.0 Å². The summed E-state index contributed by atoms with van der Waals surface area (Å²) >= 11 is 0. The molecule has 124 valence electrons. The summed E-state index contributed by atoms with van der Waals surface area (Å²) in [6.45, 7) is 0. The van der Waals surface area contributed by atoms with Crippen LogP contribution in [0.3, 0.4) is 0 Å². The Hall–Kier alpha value is -2.76. The average Bonchev–Trinajstić information content (AvgIpc) is 2.95. The van der Waals surface area contributed by atoms with Crippen LogP contribution in [-0.2, 0) is 11.0 Å². The summed E-state index contributed by atoms with van der Waals surface area (Å²) in [7, 11) is 0. The molecule has 1 heterocycles. The molecule has 0 saturated heterocycles. The predicted octanol–water partition coefficient (Wildman–Crippen LogP) is 3.46. The van der Waals surface area contributed by atoms with E-state index < -0.39 is 30.0 Å². The molecule has 0 aliphatic heterocycles. The Labute approximate surface area is 135 Å². The smallest absolute Gasteiger partial charge is 0.416 e. The number of alkyl halides is 3. The first-order valence-electron chi connectivity index (χ1n) is 7.29. The summed E-state index contributed by atoms with van der Waals surface area (Å²) < 4.78 is 38.9. The van der Waals surface area contributed by atoms with Crippen LogP contribution in [0.1, 0.15) is 29.0 Å². The van der Waals surface area contributed by atoms with Gasteiger partial charge in [0.1, 0.15) is 0 Å². The van der Waals surface area contributed by atoms with Gasteiger partial charge in [0.15, 0.2) is 0 Å². The Balaban J connectivity index is 2.12. The van der Waals surface area contributed by atoms with Crippen LogP contribution in [0.5, 0.6) is 0 Å². The van der Waals surface area contributed by atoms with Crippen molar-refractivity contribution in [2.24, 2.45) is 0 Å². The third-order valence-electron chi connectivity index (χ3n) is 3.98. The van der Waals surface area contributed by atoms with Crippen molar-refractivity contribution in [2.45, 2.75) is 18.5 Å². The molecule has 1 atom stereocenters. The molecule has 1 N–H and O–H groups in total. The first-order valence-corrected chi connectivity index (χ1v) is 7.29. The molecule has 0 aliphatic carbocycles. The van der Waals surface area contributed by atoms with E-state index in [0.29, 0.717) is 11.1 Å². The van der Waals surface area contributed by atoms with Crippen molar-refractivity contribution in [3.05, 3.63) is 71.4 Å². The number of aromatic amines is 1. The summed E-state index contributed by atoms with van der Waals surface area (Å²) in [6.07, 6.45) is -3.25. The number of carbonyl (C=O) groups is 1. The van der Waals surface area contributed by atoms with Gasteiger partial charge < -0.3 is 14.9 Å². The van der Waals surface area contributed by atoms with Crippen molar-refractivity contribution in [3.8, 4) is 0 Å². The topological polar surface area (TPSA) is 55.9 Å². The summed E-state index contributed by atoms with van der Waals surface area (Å²) in [5.41, 5.74) is 0.916. The van der Waals surface area contributed by atoms with Crippen LogP contribution in [0.25, 0.3) is 10.9 Å². The van der Waals surface area contributed by atoms with E-state index in [9.17, 15) is 23.1 Å². The summed E-state index contributed by atoms with van der Waals surface area (Å²) in [5, 5.41) is 11.9. The van der Waals surface area contributed by atoms with Gasteiger partial charge in [0, 0.05) is 29.0 Å². The molecule has 0 radical (unpaired) electrons. The SMILES string of the molecule is O=C([O-])C[C@H](c1cccc(C(F)(F)F)c1)c1c[nH]c2ccccc12. The zero-order valence-electron chi connectivity index (χ0n) is 12.4. The van der Waals surface area contributed by atoms with E-state index >= 15 is 0 Å². The number of aromatic nitrogens is 1. The Morgan fingerprint density at radius 2 is 1.88 bits per heavy atom. The molecule has 24 heavy (non-hydrogen) atoms. The zero-order valence-corrected chi connectivity index (χ0v) is 12.4. The first kappa shape index (κ1) is 16.1. The summed E-state index contributed by atoms with van der Waals surface area (Å²) in [6, 6.07) is 12.0. The van der Waals surface area contributed by atoms with Crippen LogP contribution >= 0.6 is 0 Å². The molecule has 0 fully saturated rings. The molecule has 0 aliphatic rings. The number of carbonyl (C=O) groups excluding carboxylic acids is 1. The number of hydrogen-bond donors (Lipinski definition) is 1. The maximum atomic E-state index is 13.0. The first-order chi connectivity index (χ1) is 11.4. The van der Waals surface area contributed by atoms with Gasteiger partial charge in [-0.1, -0.05) is 36.4 Å². The number of hydrogen-bond acceptors (Lipinski definition) is 2. The molecule has 1 aromatic heterocycles. The monoisotopic (exact) mass is 332 g/mol. The van der Waals surface area contributed by atoms with E-state index in [-0.39, 0.29) is 0 Å². The van der Waals surface area contributed by atoms with E-state index in [2.05, 4.69) is 4.98 Å². The molecule has 3 nitrogen and oxygen atoms in total. The number of carboxylic acids is 1. The van der Waals surface area contributed by atoms with Gasteiger partial charge in [-0.3, -0.25) is 0 Å². The maximum absolute atomic E-state index is 13.0. The normalized spacial score (nSPS) is 13.1. The van der Waals surface area contributed by atoms with Crippen LogP contribution in [0.15, 0.2) is 54.7 Å². The van der Waals surface area contributed by atoms with E-state index in [4.69, 9.17) is 0 Å². The van der Waals surface area contributed by atoms with E-state index in [1.165, 1.54) is 12.1 Å². The number of halogens is 3. The molecule has 0 unspecified atom stereocenters. The molecule has 3 aromatic rings. The van der Waals surface area contributed by atoms with E-state index in [1.807, 2.05) is 12.1 Å². The van der Waals surface area contributed by atoms with E-state index in [1.54, 1.807) is 18.3 Å². The van der Waals surface area contributed by atoms with Gasteiger partial charge in [0.2, 0.25) is 0 Å². The molecule has 3 rings (SSSR count). The lowest BCUT2D eigenvalue weighted by Gasteiger charge is -2.19. The van der Waals surface area contributed by atoms with Crippen molar-refractivity contribution in [2.75, 3.05) is 0 Å². The van der Waals surface area contributed by atoms with Crippen LogP contribution < -0.4 is 5.11 Å². The van der Waals surface area contributed by atoms with Gasteiger partial charge in [-0.25, -0.2) is 0 Å². The van der Waals surface area contributed by atoms with Gasteiger partial charge in [0.25, 0.3) is 0 Å². The minimum atomic E-state index is -4.48. The highest BCUT2D eigenvalue weighted by Crippen LogP contribution is 2.36. The van der Waals surface area contributed by atoms with Crippen molar-refractivity contribution in [1.29, 1.82) is 0 Å². The number of nitrogens with one attached hydrogen (secondary N) is 1. The fourth-order valence-electron chi connectivity index (χ4n) is 2.89. The molecule has 0 spiro atoms. The molecule has 0 amide bonds. The van der Waals surface area contributed by atoms with Crippen LogP contribution in [-0.4, -0.2) is 11.0 Å². The number of benzene rings is 2. The Kier molecular flexibility index (Phi) is 4.05. The highest BCUT2D eigenvalue weighted by atomic mass is 19.4. The fourth-order valence-corrected chi connectivity index (χ4v) is 2.89. The largest absolute Gasteiger partial charge is 0.550 e. The molecule has 0 saturated carbocycles. The lowest BCUT2D eigenvalue weighted by molar-refractivity contribution is -0.305. The third kappa shape index (κ3) is 3.13. The molecule has 2 aromatic carbocycles. The van der Waals surface area contributed by atoms with Crippen LogP contribution in [0, 0.1) is 0 Å². The number of aliphatic carboxylic acids is 1. The Morgan fingerprint density at radius 3 is 2.58 bits per heavy atom. The quantitative estimate of drug-likeness (QED) is 0.795. The fraction of sp³-hybridized carbons (Fsp3) is 0.167. The standard InChI is InChI=1S/C18H14F3NO2/c19-18(20,21)12-5-3-4-11(8-12)14(9-17(23)24)15-10-22-16-7-2-1-6-13(15)16/h1-8,10,14,22H,9H2,(H,23,24)/p-1/t14-/m1/s1. The number of H-pyrrole nitrogens is 1. The maximum Gasteiger partial charge on any atom is 0.416 e. The second-order valence-corrected chi connectivity index (χ2v) is 5.54. The summed E-state index contributed by atoms with van der Waals surface area (Å²) in [5.74, 6) is -2.05. The molecular weight excluding hydrogens is 319 g/mol. The number of fused-ring (bicyclic) bond motifs is 1. The second-order valence-electron chi connectivity index (χ2n) is 5.54. The summed E-state index contributed by atoms with van der Waals surface area (Å²) in [4.78, 5) is 14.2. The lowest BCUT2D eigenvalue weighted by atomic mass is 9.87. The zero-order chi connectivity index (χ0) is 17.3. The Morgan fingerprint density at radius 1 is 1.12 bits per heavy atom. The average molecular weight is 332 g/mol. The van der Waals surface area contributed by atoms with Gasteiger partial charge in [0.05, 0.1) is 5.56 Å². The number of carboxylic acid groups (broad SMARTS) is 1.